The van der Waals surface area contributed by atoms with Gasteiger partial charge in [-0.1, -0.05) is 23.2 Å². The molecule has 146 valence electrons. The zero-order valence-corrected chi connectivity index (χ0v) is 17.4. The predicted molar refractivity (Wildman–Crippen MR) is 102 cm³/mol. The third-order valence-electron chi connectivity index (χ3n) is 4.58. The fraction of sp³-hybridized carbons (Fsp3) is 0.588. The molecule has 2 rings (SSSR count). The van der Waals surface area contributed by atoms with Crippen molar-refractivity contribution in [2.45, 2.75) is 44.0 Å². The van der Waals surface area contributed by atoms with Gasteiger partial charge in [0.2, 0.25) is 10.0 Å². The standard InChI is InChI=1S/C17H24Cl2N2O4S/c1-17(2,3)21(16(22)23)11-12-6-8-20(9-7-12)26(24,25)13-4-5-14(18)15(19)10-13/h4-5,10,12H,6-9,11H2,1-3H3,(H,22,23). The third kappa shape index (κ3) is 4.82. The highest BCUT2D eigenvalue weighted by atomic mass is 35.5. The fourth-order valence-electron chi connectivity index (χ4n) is 3.02. The smallest absolute Gasteiger partial charge is 0.407 e. The van der Waals surface area contributed by atoms with E-state index in [-0.39, 0.29) is 15.8 Å². The van der Waals surface area contributed by atoms with Gasteiger partial charge >= 0.3 is 6.09 Å². The SMILES string of the molecule is CC(C)(C)N(CC1CCN(S(=O)(=O)c2ccc(Cl)c(Cl)c2)CC1)C(=O)O. The lowest BCUT2D eigenvalue weighted by atomic mass is 9.95. The van der Waals surface area contributed by atoms with Gasteiger partial charge in [-0.2, -0.15) is 4.31 Å². The Kier molecular flexibility index (Phi) is 6.48. The summed E-state index contributed by atoms with van der Waals surface area (Å²) >= 11 is 11.8. The second-order valence-electron chi connectivity index (χ2n) is 7.49. The Morgan fingerprint density at radius 3 is 2.27 bits per heavy atom. The second-order valence-corrected chi connectivity index (χ2v) is 10.2. The Labute approximate surface area is 164 Å². The number of benzene rings is 1. The molecule has 1 amide bonds. The minimum atomic E-state index is -3.64. The summed E-state index contributed by atoms with van der Waals surface area (Å²) in [5, 5.41) is 9.92. The number of amides is 1. The van der Waals surface area contributed by atoms with Gasteiger partial charge in [-0.25, -0.2) is 13.2 Å². The highest BCUT2D eigenvalue weighted by Crippen LogP contribution is 2.29. The number of halogens is 2. The average molecular weight is 423 g/mol. The van der Waals surface area contributed by atoms with Crippen LogP contribution in [0.25, 0.3) is 0 Å². The van der Waals surface area contributed by atoms with Crippen LogP contribution in [0.5, 0.6) is 0 Å². The molecule has 1 aromatic rings. The molecule has 0 spiro atoms. The van der Waals surface area contributed by atoms with E-state index in [1.165, 1.54) is 27.4 Å². The molecule has 0 saturated carbocycles. The van der Waals surface area contributed by atoms with E-state index in [0.29, 0.717) is 37.5 Å². The summed E-state index contributed by atoms with van der Waals surface area (Å²) in [6.07, 6.45) is 0.268. The number of rotatable bonds is 4. The molecule has 6 nitrogen and oxygen atoms in total. The van der Waals surface area contributed by atoms with Crippen molar-refractivity contribution in [2.24, 2.45) is 5.92 Å². The van der Waals surface area contributed by atoms with Crippen LogP contribution in [0.3, 0.4) is 0 Å². The van der Waals surface area contributed by atoms with Gasteiger partial charge in [0.25, 0.3) is 0 Å². The van der Waals surface area contributed by atoms with Gasteiger partial charge in [0.1, 0.15) is 0 Å². The molecule has 1 aliphatic heterocycles. The first-order chi connectivity index (χ1) is 11.9. The number of hydrogen-bond acceptors (Lipinski definition) is 3. The Bertz CT molecular complexity index is 769. The first-order valence-corrected chi connectivity index (χ1v) is 10.6. The summed E-state index contributed by atoms with van der Waals surface area (Å²) in [4.78, 5) is 13.0. The van der Waals surface area contributed by atoms with E-state index in [1.807, 2.05) is 20.8 Å². The van der Waals surface area contributed by atoms with Crippen LogP contribution in [0.15, 0.2) is 23.1 Å². The zero-order chi connectivity index (χ0) is 19.7. The molecule has 1 aromatic carbocycles. The van der Waals surface area contributed by atoms with Crippen LogP contribution in [0.4, 0.5) is 4.79 Å². The average Bonchev–Trinajstić information content (AvgIpc) is 2.54. The Balaban J connectivity index is 2.05. The Morgan fingerprint density at radius 2 is 1.81 bits per heavy atom. The molecule has 0 bridgehead atoms. The van der Waals surface area contributed by atoms with Crippen molar-refractivity contribution in [2.75, 3.05) is 19.6 Å². The summed E-state index contributed by atoms with van der Waals surface area (Å²) in [5.41, 5.74) is -0.491. The monoisotopic (exact) mass is 422 g/mol. The van der Waals surface area contributed by atoms with Crippen molar-refractivity contribution in [3.63, 3.8) is 0 Å². The summed E-state index contributed by atoms with van der Waals surface area (Å²) in [6, 6.07) is 4.27. The molecule has 0 aliphatic carbocycles. The normalized spacial score (nSPS) is 17.3. The number of hydrogen-bond donors (Lipinski definition) is 1. The molecule has 26 heavy (non-hydrogen) atoms. The molecule has 1 saturated heterocycles. The minimum Gasteiger partial charge on any atom is -0.465 e. The molecule has 1 aliphatic rings. The van der Waals surface area contributed by atoms with Crippen LogP contribution in [-0.4, -0.2) is 54.0 Å². The maximum Gasteiger partial charge on any atom is 0.407 e. The van der Waals surface area contributed by atoms with Crippen molar-refractivity contribution < 1.29 is 18.3 Å². The number of sulfonamides is 1. The number of carbonyl (C=O) groups is 1. The Morgan fingerprint density at radius 1 is 1.23 bits per heavy atom. The lowest BCUT2D eigenvalue weighted by Crippen LogP contribution is -2.49. The van der Waals surface area contributed by atoms with Gasteiger partial charge in [-0.3, -0.25) is 0 Å². The van der Waals surface area contributed by atoms with Gasteiger partial charge in [0.15, 0.2) is 0 Å². The molecule has 0 aromatic heterocycles. The van der Waals surface area contributed by atoms with E-state index in [2.05, 4.69) is 0 Å². The number of nitrogens with zero attached hydrogens (tertiary/aromatic N) is 2. The maximum absolute atomic E-state index is 12.8. The summed E-state index contributed by atoms with van der Waals surface area (Å²) in [5.74, 6) is 0.130. The van der Waals surface area contributed by atoms with Crippen LogP contribution in [0.1, 0.15) is 33.6 Å². The lowest BCUT2D eigenvalue weighted by Gasteiger charge is -2.38. The zero-order valence-electron chi connectivity index (χ0n) is 15.1. The lowest BCUT2D eigenvalue weighted by molar-refractivity contribution is 0.0805. The molecule has 1 N–H and O–H groups in total. The molecule has 1 heterocycles. The Hall–Kier alpha value is -1.02. The summed E-state index contributed by atoms with van der Waals surface area (Å²) in [7, 11) is -3.64. The van der Waals surface area contributed by atoms with Crippen molar-refractivity contribution in [3.05, 3.63) is 28.2 Å². The molecule has 9 heteroatoms. The predicted octanol–water partition coefficient (Wildman–Crippen LogP) is 4.17. The van der Waals surface area contributed by atoms with Gasteiger partial charge < -0.3 is 10.0 Å². The van der Waals surface area contributed by atoms with Crippen LogP contribution in [0, 0.1) is 5.92 Å². The van der Waals surface area contributed by atoms with Gasteiger partial charge in [-0.15, -0.1) is 0 Å². The highest BCUT2D eigenvalue weighted by Gasteiger charge is 2.33. The largest absolute Gasteiger partial charge is 0.465 e. The van der Waals surface area contributed by atoms with E-state index >= 15 is 0 Å². The van der Waals surface area contributed by atoms with Gasteiger partial charge in [0, 0.05) is 25.2 Å². The van der Waals surface area contributed by atoms with Crippen molar-refractivity contribution in [1.82, 2.24) is 9.21 Å². The number of piperidine rings is 1. The van der Waals surface area contributed by atoms with E-state index < -0.39 is 21.7 Å². The van der Waals surface area contributed by atoms with Crippen LogP contribution in [0.2, 0.25) is 10.0 Å². The van der Waals surface area contributed by atoms with E-state index in [1.54, 1.807) is 0 Å². The van der Waals surface area contributed by atoms with Crippen molar-refractivity contribution >= 4 is 39.3 Å². The first-order valence-electron chi connectivity index (χ1n) is 8.38. The molecule has 1 fully saturated rings. The van der Waals surface area contributed by atoms with E-state index in [0.717, 1.165) is 0 Å². The van der Waals surface area contributed by atoms with Crippen molar-refractivity contribution in [3.8, 4) is 0 Å². The topological polar surface area (TPSA) is 77.9 Å². The molecular weight excluding hydrogens is 399 g/mol. The summed E-state index contributed by atoms with van der Waals surface area (Å²) in [6.45, 7) is 6.66. The maximum atomic E-state index is 12.8. The van der Waals surface area contributed by atoms with E-state index in [9.17, 15) is 18.3 Å². The highest BCUT2D eigenvalue weighted by molar-refractivity contribution is 7.89. The van der Waals surface area contributed by atoms with Crippen LogP contribution < -0.4 is 0 Å². The molecule has 0 unspecified atom stereocenters. The molecular formula is C17H24Cl2N2O4S. The van der Waals surface area contributed by atoms with Gasteiger partial charge in [-0.05, 0) is 57.7 Å². The van der Waals surface area contributed by atoms with Crippen LogP contribution in [-0.2, 0) is 10.0 Å². The third-order valence-corrected chi connectivity index (χ3v) is 7.22. The van der Waals surface area contributed by atoms with Crippen molar-refractivity contribution in [1.29, 1.82) is 0 Å². The quantitative estimate of drug-likeness (QED) is 0.789. The fourth-order valence-corrected chi connectivity index (χ4v) is 4.87. The number of carboxylic acid groups (broad SMARTS) is 1. The van der Waals surface area contributed by atoms with Gasteiger partial charge in [0.05, 0.1) is 14.9 Å². The van der Waals surface area contributed by atoms with E-state index in [4.69, 9.17) is 23.2 Å². The first kappa shape index (κ1) is 21.3. The minimum absolute atomic E-state index is 0.118. The summed E-state index contributed by atoms with van der Waals surface area (Å²) < 4.78 is 27.0. The van der Waals surface area contributed by atoms with Crippen LogP contribution >= 0.6 is 23.2 Å². The molecule has 0 atom stereocenters. The second kappa shape index (κ2) is 7.92. The molecule has 0 radical (unpaired) electrons.